The second-order valence-electron chi connectivity index (χ2n) is 9.89. The van der Waals surface area contributed by atoms with Crippen LogP contribution in [-0.2, 0) is 11.8 Å². The Hall–Kier alpha value is -3.27. The molecule has 0 spiro atoms. The van der Waals surface area contributed by atoms with Crippen molar-refractivity contribution in [3.63, 3.8) is 0 Å². The fraction of sp³-hybridized carbons (Fsp3) is 0.345. The van der Waals surface area contributed by atoms with Crippen molar-refractivity contribution in [3.05, 3.63) is 77.4 Å². The van der Waals surface area contributed by atoms with Gasteiger partial charge in [0.25, 0.3) is 5.91 Å². The summed E-state index contributed by atoms with van der Waals surface area (Å²) in [7, 11) is 0. The van der Waals surface area contributed by atoms with E-state index in [9.17, 15) is 9.90 Å². The fourth-order valence-electron chi connectivity index (χ4n) is 4.31. The van der Waals surface area contributed by atoms with E-state index in [4.69, 9.17) is 0 Å². The number of amides is 1. The van der Waals surface area contributed by atoms with Gasteiger partial charge in [-0.25, -0.2) is 0 Å². The normalized spacial score (nSPS) is 13.7. The molecule has 1 aliphatic heterocycles. The first-order valence-corrected chi connectivity index (χ1v) is 11.9. The van der Waals surface area contributed by atoms with E-state index in [1.807, 2.05) is 29.2 Å². The number of carbonyl (C=O) groups is 1. The molecular formula is C29H34N2O2. The van der Waals surface area contributed by atoms with Crippen molar-refractivity contribution in [2.75, 3.05) is 23.3 Å². The smallest absolute Gasteiger partial charge is 0.258 e. The van der Waals surface area contributed by atoms with E-state index in [1.54, 1.807) is 6.07 Å². The zero-order valence-corrected chi connectivity index (χ0v) is 20.1. The average molecular weight is 443 g/mol. The maximum absolute atomic E-state index is 13.3. The van der Waals surface area contributed by atoms with Gasteiger partial charge in [-0.15, -0.1) is 0 Å². The molecule has 4 nitrogen and oxygen atoms in total. The molecule has 1 amide bonds. The molecule has 0 saturated carbocycles. The molecule has 1 heterocycles. The monoisotopic (exact) mass is 442 g/mol. The molecule has 0 unspecified atom stereocenters. The minimum absolute atomic E-state index is 0.0103. The van der Waals surface area contributed by atoms with Crippen molar-refractivity contribution < 1.29 is 9.90 Å². The van der Waals surface area contributed by atoms with E-state index < -0.39 is 0 Å². The summed E-state index contributed by atoms with van der Waals surface area (Å²) in [5.74, 6) is 0.220. The molecule has 3 aromatic rings. The SMILES string of the molecule is CCCCNc1cc(N2CCc3cc(-c4ccc(C(C)(C)C)cc4)ccc3C2=O)ccc1O. The van der Waals surface area contributed by atoms with Gasteiger partial charge in [-0.05, 0) is 64.8 Å². The quantitative estimate of drug-likeness (QED) is 0.327. The Morgan fingerprint density at radius 3 is 2.39 bits per heavy atom. The van der Waals surface area contributed by atoms with E-state index in [0.29, 0.717) is 12.2 Å². The Kier molecular flexibility index (Phi) is 6.46. The van der Waals surface area contributed by atoms with Crippen molar-refractivity contribution in [2.45, 2.75) is 52.4 Å². The summed E-state index contributed by atoms with van der Waals surface area (Å²) in [6.07, 6.45) is 2.91. The van der Waals surface area contributed by atoms with E-state index in [0.717, 1.165) is 48.2 Å². The number of aromatic hydroxyl groups is 1. The fourth-order valence-corrected chi connectivity index (χ4v) is 4.31. The van der Waals surface area contributed by atoms with Crippen LogP contribution in [0.25, 0.3) is 11.1 Å². The third-order valence-corrected chi connectivity index (χ3v) is 6.41. The summed E-state index contributed by atoms with van der Waals surface area (Å²) in [5, 5.41) is 13.5. The second kappa shape index (κ2) is 9.30. The molecule has 4 rings (SSSR count). The molecule has 0 fully saturated rings. The van der Waals surface area contributed by atoms with Crippen LogP contribution in [0.15, 0.2) is 60.7 Å². The lowest BCUT2D eigenvalue weighted by molar-refractivity contribution is 0.0980. The Morgan fingerprint density at radius 1 is 0.970 bits per heavy atom. The Morgan fingerprint density at radius 2 is 1.70 bits per heavy atom. The third-order valence-electron chi connectivity index (χ3n) is 6.41. The molecular weight excluding hydrogens is 408 g/mol. The zero-order chi connectivity index (χ0) is 23.6. The highest BCUT2D eigenvalue weighted by Crippen LogP contribution is 2.33. The number of hydrogen-bond donors (Lipinski definition) is 2. The van der Waals surface area contributed by atoms with Crippen LogP contribution < -0.4 is 10.2 Å². The Balaban J connectivity index is 1.56. The molecule has 1 aliphatic rings. The van der Waals surface area contributed by atoms with Gasteiger partial charge in [0.2, 0.25) is 0 Å². The van der Waals surface area contributed by atoms with Gasteiger partial charge in [0.15, 0.2) is 0 Å². The minimum atomic E-state index is 0.0103. The molecule has 33 heavy (non-hydrogen) atoms. The van der Waals surface area contributed by atoms with Crippen LogP contribution in [0.3, 0.4) is 0 Å². The Bertz CT molecular complexity index is 1140. The lowest BCUT2D eigenvalue weighted by atomic mass is 9.86. The number of hydrogen-bond acceptors (Lipinski definition) is 3. The highest BCUT2D eigenvalue weighted by molar-refractivity contribution is 6.08. The third kappa shape index (κ3) is 4.90. The second-order valence-corrected chi connectivity index (χ2v) is 9.89. The van der Waals surface area contributed by atoms with Crippen LogP contribution >= 0.6 is 0 Å². The highest BCUT2D eigenvalue weighted by atomic mass is 16.3. The van der Waals surface area contributed by atoms with Gasteiger partial charge >= 0.3 is 0 Å². The van der Waals surface area contributed by atoms with E-state index in [1.165, 1.54) is 11.1 Å². The molecule has 2 N–H and O–H groups in total. The van der Waals surface area contributed by atoms with Gasteiger partial charge in [-0.2, -0.15) is 0 Å². The lowest BCUT2D eigenvalue weighted by Gasteiger charge is -2.29. The molecule has 0 aromatic heterocycles. The first kappa shape index (κ1) is 22.9. The van der Waals surface area contributed by atoms with Crippen molar-refractivity contribution in [1.82, 2.24) is 0 Å². The Labute approximate surface area is 197 Å². The van der Waals surface area contributed by atoms with Gasteiger partial charge in [0, 0.05) is 24.3 Å². The first-order valence-electron chi connectivity index (χ1n) is 11.9. The number of anilines is 2. The highest BCUT2D eigenvalue weighted by Gasteiger charge is 2.26. The zero-order valence-electron chi connectivity index (χ0n) is 20.1. The summed E-state index contributed by atoms with van der Waals surface area (Å²) in [6, 6.07) is 20.2. The van der Waals surface area contributed by atoms with Gasteiger partial charge in [-0.1, -0.05) is 70.5 Å². The molecule has 0 radical (unpaired) electrons. The van der Waals surface area contributed by atoms with Crippen molar-refractivity contribution in [2.24, 2.45) is 0 Å². The number of nitrogens with zero attached hydrogens (tertiary/aromatic N) is 1. The number of carbonyl (C=O) groups excluding carboxylic acids is 1. The summed E-state index contributed by atoms with van der Waals surface area (Å²) in [6.45, 7) is 10.2. The maximum atomic E-state index is 13.3. The predicted molar refractivity (Wildman–Crippen MR) is 137 cm³/mol. The summed E-state index contributed by atoms with van der Waals surface area (Å²) in [4.78, 5) is 15.1. The van der Waals surface area contributed by atoms with E-state index in [-0.39, 0.29) is 17.1 Å². The van der Waals surface area contributed by atoms with Crippen LogP contribution in [-0.4, -0.2) is 24.1 Å². The van der Waals surface area contributed by atoms with Crippen LogP contribution in [0, 0.1) is 0 Å². The molecule has 4 heteroatoms. The first-order chi connectivity index (χ1) is 15.8. The van der Waals surface area contributed by atoms with Crippen molar-refractivity contribution in [1.29, 1.82) is 0 Å². The van der Waals surface area contributed by atoms with Crippen molar-refractivity contribution in [3.8, 4) is 16.9 Å². The van der Waals surface area contributed by atoms with Crippen LogP contribution in [0.5, 0.6) is 5.75 Å². The number of phenolic OH excluding ortho intramolecular Hbond substituents is 1. The number of rotatable bonds is 6. The summed E-state index contributed by atoms with van der Waals surface area (Å²) in [5.41, 5.74) is 7.08. The summed E-state index contributed by atoms with van der Waals surface area (Å²) >= 11 is 0. The van der Waals surface area contributed by atoms with Gasteiger partial charge in [0.05, 0.1) is 5.69 Å². The van der Waals surface area contributed by atoms with Crippen LogP contribution in [0.1, 0.15) is 62.0 Å². The lowest BCUT2D eigenvalue weighted by Crippen LogP contribution is -2.37. The van der Waals surface area contributed by atoms with Crippen LogP contribution in [0.2, 0.25) is 0 Å². The largest absolute Gasteiger partial charge is 0.506 e. The summed E-state index contributed by atoms with van der Waals surface area (Å²) < 4.78 is 0. The van der Waals surface area contributed by atoms with Crippen LogP contribution in [0.4, 0.5) is 11.4 Å². The van der Waals surface area contributed by atoms with Gasteiger partial charge < -0.3 is 15.3 Å². The number of nitrogens with one attached hydrogen (secondary N) is 1. The molecule has 0 atom stereocenters. The molecule has 3 aromatic carbocycles. The molecule has 172 valence electrons. The topological polar surface area (TPSA) is 52.6 Å². The number of phenols is 1. The molecule has 0 bridgehead atoms. The molecule has 0 saturated heterocycles. The average Bonchev–Trinajstić information content (AvgIpc) is 2.80. The van der Waals surface area contributed by atoms with E-state index in [2.05, 4.69) is 63.3 Å². The number of benzene rings is 3. The minimum Gasteiger partial charge on any atom is -0.506 e. The predicted octanol–water partition coefficient (Wildman–Crippen LogP) is 6.77. The number of fused-ring (bicyclic) bond motifs is 1. The maximum Gasteiger partial charge on any atom is 0.258 e. The standard InChI is InChI=1S/C29H34N2O2/c1-5-6-16-30-26-19-24(12-14-27(26)32)31-17-15-22-18-21(9-13-25(22)28(31)33)20-7-10-23(11-8-20)29(2,3)4/h7-14,18-19,30,32H,5-6,15-17H2,1-4H3. The van der Waals surface area contributed by atoms with Gasteiger partial charge in [-0.3, -0.25) is 4.79 Å². The van der Waals surface area contributed by atoms with Crippen molar-refractivity contribution >= 4 is 17.3 Å². The number of unbranched alkanes of at least 4 members (excludes halogenated alkanes) is 1. The van der Waals surface area contributed by atoms with E-state index >= 15 is 0 Å². The molecule has 0 aliphatic carbocycles. The van der Waals surface area contributed by atoms with Gasteiger partial charge in [0.1, 0.15) is 5.75 Å².